The maximum Gasteiger partial charge on any atom is 0.251 e. The average Bonchev–Trinajstić information content (AvgIpc) is 2.54. The minimum Gasteiger partial charge on any atom is -0.350 e. The van der Waals surface area contributed by atoms with Gasteiger partial charge >= 0.3 is 0 Å². The molecule has 3 nitrogen and oxygen atoms in total. The predicted octanol–water partition coefficient (Wildman–Crippen LogP) is 2.90. The normalized spacial score (nSPS) is 18.0. The summed E-state index contributed by atoms with van der Waals surface area (Å²) in [4.78, 5) is 12.1. The number of fused-ring (bicyclic) bond motifs is 1. The quantitative estimate of drug-likeness (QED) is 0.879. The molecule has 108 valence electrons. The number of nitrogens with one attached hydrogen (secondary N) is 1. The standard InChI is InChI=1S/C17H17FN2O/c18-20-11-10-13-6-4-5-9-15(13)16(20)12-19-17(21)14-7-2-1-3-8-14/h1-9,16H,10-12H2,(H,19,21). The van der Waals surface area contributed by atoms with Crippen molar-refractivity contribution in [2.45, 2.75) is 12.5 Å². The maximum absolute atomic E-state index is 14.1. The third kappa shape index (κ3) is 2.95. The van der Waals surface area contributed by atoms with Crippen molar-refractivity contribution in [3.8, 4) is 0 Å². The van der Waals surface area contributed by atoms with E-state index in [-0.39, 0.29) is 12.5 Å². The fraction of sp³-hybridized carbons (Fsp3) is 0.235. The summed E-state index contributed by atoms with van der Waals surface area (Å²) in [5, 5.41) is 3.63. The lowest BCUT2D eigenvalue weighted by Gasteiger charge is -2.30. The molecule has 1 atom stereocenters. The molecule has 1 N–H and O–H groups in total. The molecule has 2 aromatic carbocycles. The van der Waals surface area contributed by atoms with Gasteiger partial charge in [-0.1, -0.05) is 42.5 Å². The smallest absolute Gasteiger partial charge is 0.251 e. The van der Waals surface area contributed by atoms with E-state index in [2.05, 4.69) is 5.32 Å². The monoisotopic (exact) mass is 284 g/mol. The Bertz CT molecular complexity index is 630. The van der Waals surface area contributed by atoms with Crippen LogP contribution < -0.4 is 5.32 Å². The summed E-state index contributed by atoms with van der Waals surface area (Å²) in [7, 11) is 0. The van der Waals surface area contributed by atoms with E-state index in [1.807, 2.05) is 42.5 Å². The van der Waals surface area contributed by atoms with Gasteiger partial charge in [0.2, 0.25) is 0 Å². The van der Waals surface area contributed by atoms with Crippen LogP contribution in [0.25, 0.3) is 0 Å². The van der Waals surface area contributed by atoms with E-state index in [1.54, 1.807) is 12.1 Å². The second kappa shape index (κ2) is 6.06. The Balaban J connectivity index is 1.72. The van der Waals surface area contributed by atoms with Crippen LogP contribution >= 0.6 is 0 Å². The van der Waals surface area contributed by atoms with Crippen molar-refractivity contribution in [3.05, 3.63) is 71.3 Å². The predicted molar refractivity (Wildman–Crippen MR) is 79.5 cm³/mol. The van der Waals surface area contributed by atoms with Crippen molar-refractivity contribution in [1.29, 1.82) is 0 Å². The SMILES string of the molecule is O=C(NCC1c2ccccc2CCN1F)c1ccccc1. The third-order valence-electron chi connectivity index (χ3n) is 3.84. The third-order valence-corrected chi connectivity index (χ3v) is 3.84. The molecule has 0 bridgehead atoms. The summed E-state index contributed by atoms with van der Waals surface area (Å²) < 4.78 is 14.1. The molecule has 0 saturated heterocycles. The second-order valence-corrected chi connectivity index (χ2v) is 5.16. The molecule has 2 aromatic rings. The summed E-state index contributed by atoms with van der Waals surface area (Å²) in [5.41, 5.74) is 2.71. The highest BCUT2D eigenvalue weighted by molar-refractivity contribution is 5.94. The molecule has 21 heavy (non-hydrogen) atoms. The number of hydrogen-bond acceptors (Lipinski definition) is 2. The van der Waals surface area contributed by atoms with Crippen LogP contribution in [0.5, 0.6) is 0 Å². The van der Waals surface area contributed by atoms with Crippen molar-refractivity contribution in [1.82, 2.24) is 10.4 Å². The van der Waals surface area contributed by atoms with Gasteiger partial charge in [0.1, 0.15) is 0 Å². The van der Waals surface area contributed by atoms with Gasteiger partial charge in [-0.05, 0) is 29.7 Å². The molecule has 0 spiro atoms. The molecule has 1 aliphatic rings. The Kier molecular flexibility index (Phi) is 3.97. The lowest BCUT2D eigenvalue weighted by molar-refractivity contribution is -0.0286. The van der Waals surface area contributed by atoms with Gasteiger partial charge in [-0.3, -0.25) is 4.79 Å². The first-order valence-electron chi connectivity index (χ1n) is 7.09. The van der Waals surface area contributed by atoms with Gasteiger partial charge in [-0.25, -0.2) is 0 Å². The van der Waals surface area contributed by atoms with Crippen LogP contribution in [0.4, 0.5) is 4.48 Å². The zero-order valence-corrected chi connectivity index (χ0v) is 11.6. The number of halogens is 1. The summed E-state index contributed by atoms with van der Waals surface area (Å²) in [6.07, 6.45) is 0.704. The van der Waals surface area contributed by atoms with Crippen molar-refractivity contribution in [2.75, 3.05) is 13.1 Å². The summed E-state index contributed by atoms with van der Waals surface area (Å²) in [6, 6.07) is 16.4. The molecule has 1 aliphatic heterocycles. The molecular formula is C17H17FN2O. The van der Waals surface area contributed by atoms with Crippen LogP contribution in [0.2, 0.25) is 0 Å². The average molecular weight is 284 g/mol. The summed E-state index contributed by atoms with van der Waals surface area (Å²) >= 11 is 0. The van der Waals surface area contributed by atoms with Crippen LogP contribution in [-0.4, -0.2) is 24.1 Å². The molecule has 0 saturated carbocycles. The molecule has 0 radical (unpaired) electrons. The number of hydrogen-bond donors (Lipinski definition) is 1. The topological polar surface area (TPSA) is 32.3 Å². The van der Waals surface area contributed by atoms with Crippen LogP contribution in [-0.2, 0) is 6.42 Å². The molecule has 1 unspecified atom stereocenters. The minimum atomic E-state index is -0.414. The molecule has 1 amide bonds. The fourth-order valence-electron chi connectivity index (χ4n) is 2.71. The molecule has 0 aromatic heterocycles. The fourth-order valence-corrected chi connectivity index (χ4v) is 2.71. The number of carbonyl (C=O) groups is 1. The molecule has 1 heterocycles. The summed E-state index contributed by atoms with van der Waals surface area (Å²) in [5.74, 6) is -0.174. The van der Waals surface area contributed by atoms with E-state index in [0.29, 0.717) is 18.5 Å². The molecule has 0 aliphatic carbocycles. The van der Waals surface area contributed by atoms with E-state index in [1.165, 1.54) is 0 Å². The van der Waals surface area contributed by atoms with Crippen molar-refractivity contribution in [3.63, 3.8) is 0 Å². The maximum atomic E-state index is 14.1. The number of nitrogens with zero attached hydrogens (tertiary/aromatic N) is 1. The van der Waals surface area contributed by atoms with Crippen molar-refractivity contribution >= 4 is 5.91 Å². The lowest BCUT2D eigenvalue weighted by Crippen LogP contribution is -2.38. The summed E-state index contributed by atoms with van der Waals surface area (Å²) in [6.45, 7) is 0.629. The highest BCUT2D eigenvalue weighted by Crippen LogP contribution is 2.29. The first-order chi connectivity index (χ1) is 10.3. The lowest BCUT2D eigenvalue weighted by atomic mass is 9.94. The zero-order valence-electron chi connectivity index (χ0n) is 11.6. The van der Waals surface area contributed by atoms with E-state index >= 15 is 0 Å². The Morgan fingerprint density at radius 3 is 2.67 bits per heavy atom. The van der Waals surface area contributed by atoms with Gasteiger partial charge in [-0.2, -0.15) is 0 Å². The van der Waals surface area contributed by atoms with E-state index in [4.69, 9.17) is 0 Å². The van der Waals surface area contributed by atoms with E-state index in [9.17, 15) is 9.28 Å². The first-order valence-corrected chi connectivity index (χ1v) is 7.09. The van der Waals surface area contributed by atoms with Crippen LogP contribution in [0.15, 0.2) is 54.6 Å². The van der Waals surface area contributed by atoms with Crippen molar-refractivity contribution in [2.24, 2.45) is 0 Å². The molecule has 3 rings (SSSR count). The number of amides is 1. The van der Waals surface area contributed by atoms with E-state index in [0.717, 1.165) is 16.2 Å². The second-order valence-electron chi connectivity index (χ2n) is 5.16. The van der Waals surface area contributed by atoms with Gasteiger partial charge in [0.15, 0.2) is 0 Å². The van der Waals surface area contributed by atoms with E-state index < -0.39 is 6.04 Å². The molecule has 0 fully saturated rings. The Morgan fingerprint density at radius 2 is 1.86 bits per heavy atom. The number of rotatable bonds is 3. The van der Waals surface area contributed by atoms with Gasteiger partial charge in [-0.15, -0.1) is 9.60 Å². The Labute approximate surface area is 123 Å². The largest absolute Gasteiger partial charge is 0.350 e. The van der Waals surface area contributed by atoms with Crippen LogP contribution in [0.3, 0.4) is 0 Å². The highest BCUT2D eigenvalue weighted by Gasteiger charge is 2.27. The van der Waals surface area contributed by atoms with Gasteiger partial charge < -0.3 is 5.32 Å². The van der Waals surface area contributed by atoms with Gasteiger partial charge in [0, 0.05) is 18.7 Å². The van der Waals surface area contributed by atoms with Crippen LogP contribution in [0.1, 0.15) is 27.5 Å². The Morgan fingerprint density at radius 1 is 1.14 bits per heavy atom. The first kappa shape index (κ1) is 13.8. The van der Waals surface area contributed by atoms with Crippen LogP contribution in [0, 0.1) is 0 Å². The highest BCUT2D eigenvalue weighted by atomic mass is 19.2. The molecular weight excluding hydrogens is 267 g/mol. The number of benzene rings is 2. The number of carbonyl (C=O) groups excluding carboxylic acids is 1. The van der Waals surface area contributed by atoms with Gasteiger partial charge in [0.25, 0.3) is 5.91 Å². The Hall–Kier alpha value is -2.20. The van der Waals surface area contributed by atoms with Gasteiger partial charge in [0.05, 0.1) is 6.04 Å². The zero-order chi connectivity index (χ0) is 14.7. The molecule has 4 heteroatoms. The minimum absolute atomic E-state index is 0.174. The van der Waals surface area contributed by atoms with Crippen molar-refractivity contribution < 1.29 is 9.28 Å².